The summed E-state index contributed by atoms with van der Waals surface area (Å²) in [6.07, 6.45) is 1.66. The van der Waals surface area contributed by atoms with Crippen molar-refractivity contribution < 1.29 is 14.3 Å². The van der Waals surface area contributed by atoms with Gasteiger partial charge in [0.1, 0.15) is 17.4 Å². The predicted molar refractivity (Wildman–Crippen MR) is 114 cm³/mol. The number of piperidine rings is 1. The van der Waals surface area contributed by atoms with Crippen LogP contribution < -0.4 is 10.1 Å². The SMILES string of the molecule is Cc1ccc2c(c1)C(=O)N(C(C)C(=O)NC(C)C(C)C)CC1(CCN(C)CC1)O2. The Hall–Kier alpha value is -2.08. The van der Waals surface area contributed by atoms with Crippen molar-refractivity contribution in [3.05, 3.63) is 29.3 Å². The maximum Gasteiger partial charge on any atom is 0.258 e. The van der Waals surface area contributed by atoms with Crippen LogP contribution in [-0.4, -0.2) is 66.0 Å². The number of benzene rings is 1. The van der Waals surface area contributed by atoms with Crippen molar-refractivity contribution in [1.82, 2.24) is 15.1 Å². The molecule has 1 spiro atoms. The van der Waals surface area contributed by atoms with E-state index in [0.717, 1.165) is 31.5 Å². The minimum atomic E-state index is -0.560. The Kier molecular flexibility index (Phi) is 6.22. The van der Waals surface area contributed by atoms with E-state index in [4.69, 9.17) is 4.74 Å². The van der Waals surface area contributed by atoms with Gasteiger partial charge in [-0.25, -0.2) is 0 Å². The summed E-state index contributed by atoms with van der Waals surface area (Å²) in [7, 11) is 2.10. The summed E-state index contributed by atoms with van der Waals surface area (Å²) < 4.78 is 6.52. The Morgan fingerprint density at radius 3 is 2.45 bits per heavy atom. The third-order valence-corrected chi connectivity index (χ3v) is 6.53. The molecule has 0 saturated carbocycles. The molecule has 1 N–H and O–H groups in total. The average Bonchev–Trinajstić information content (AvgIpc) is 2.79. The number of ether oxygens (including phenoxy) is 1. The molecule has 1 aromatic rings. The lowest BCUT2D eigenvalue weighted by Gasteiger charge is -2.42. The van der Waals surface area contributed by atoms with E-state index in [1.54, 1.807) is 4.90 Å². The fraction of sp³-hybridized carbons (Fsp3) is 0.652. The standard InChI is InChI=1S/C23H35N3O3/c1-15(2)17(4)24-21(27)18(5)26-14-23(9-11-25(6)12-10-23)29-20-8-7-16(3)13-19(20)22(26)28/h7-8,13,15,17-18H,9-12,14H2,1-6H3,(H,24,27). The van der Waals surface area contributed by atoms with Crippen molar-refractivity contribution in [2.75, 3.05) is 26.7 Å². The molecule has 2 aliphatic rings. The molecule has 2 amide bonds. The molecule has 2 aliphatic heterocycles. The van der Waals surface area contributed by atoms with Crippen LogP contribution in [0.25, 0.3) is 0 Å². The normalized spacial score (nSPS) is 21.3. The molecule has 29 heavy (non-hydrogen) atoms. The molecule has 0 radical (unpaired) electrons. The molecule has 3 rings (SSSR count). The first kappa shape index (κ1) is 21.6. The summed E-state index contributed by atoms with van der Waals surface area (Å²) >= 11 is 0. The van der Waals surface area contributed by atoms with E-state index in [1.165, 1.54) is 0 Å². The lowest BCUT2D eigenvalue weighted by molar-refractivity contribution is -0.127. The van der Waals surface area contributed by atoms with Crippen LogP contribution in [0.2, 0.25) is 0 Å². The molecule has 0 bridgehead atoms. The fourth-order valence-electron chi connectivity index (χ4n) is 3.95. The lowest BCUT2D eigenvalue weighted by Crippen LogP contribution is -2.58. The van der Waals surface area contributed by atoms with Crippen LogP contribution in [0, 0.1) is 12.8 Å². The van der Waals surface area contributed by atoms with E-state index >= 15 is 0 Å². The highest BCUT2D eigenvalue weighted by Gasteiger charge is 2.44. The number of nitrogens with zero attached hydrogens (tertiary/aromatic N) is 2. The van der Waals surface area contributed by atoms with Gasteiger partial charge in [0.15, 0.2) is 0 Å². The van der Waals surface area contributed by atoms with Crippen LogP contribution >= 0.6 is 0 Å². The Morgan fingerprint density at radius 1 is 1.17 bits per heavy atom. The number of carbonyl (C=O) groups is 2. The van der Waals surface area contributed by atoms with Gasteiger partial charge in [-0.2, -0.15) is 0 Å². The van der Waals surface area contributed by atoms with Gasteiger partial charge in [0, 0.05) is 32.0 Å². The molecule has 1 fully saturated rings. The van der Waals surface area contributed by atoms with E-state index in [2.05, 4.69) is 31.1 Å². The molecule has 0 aliphatic carbocycles. The van der Waals surface area contributed by atoms with Gasteiger partial charge in [0.05, 0.1) is 12.1 Å². The Morgan fingerprint density at radius 2 is 1.83 bits per heavy atom. The van der Waals surface area contributed by atoms with E-state index in [-0.39, 0.29) is 17.9 Å². The van der Waals surface area contributed by atoms with Crippen LogP contribution in [0.3, 0.4) is 0 Å². The summed E-state index contributed by atoms with van der Waals surface area (Å²) in [6.45, 7) is 12.2. The van der Waals surface area contributed by atoms with Crippen LogP contribution in [0.15, 0.2) is 18.2 Å². The van der Waals surface area contributed by atoms with Crippen LogP contribution in [0.5, 0.6) is 5.75 Å². The minimum Gasteiger partial charge on any atom is -0.484 e. The highest BCUT2D eigenvalue weighted by Crippen LogP contribution is 2.36. The van der Waals surface area contributed by atoms with E-state index in [1.807, 2.05) is 39.0 Å². The Bertz CT molecular complexity index is 769. The van der Waals surface area contributed by atoms with Crippen molar-refractivity contribution in [2.45, 2.75) is 65.1 Å². The van der Waals surface area contributed by atoms with Crippen molar-refractivity contribution in [1.29, 1.82) is 0 Å². The van der Waals surface area contributed by atoms with Gasteiger partial charge in [-0.05, 0) is 45.9 Å². The Balaban J connectivity index is 1.94. The average molecular weight is 402 g/mol. The van der Waals surface area contributed by atoms with Gasteiger partial charge >= 0.3 is 0 Å². The smallest absolute Gasteiger partial charge is 0.258 e. The van der Waals surface area contributed by atoms with E-state index in [9.17, 15) is 9.59 Å². The summed E-state index contributed by atoms with van der Waals surface area (Å²) in [5, 5.41) is 3.07. The zero-order valence-electron chi connectivity index (χ0n) is 18.6. The monoisotopic (exact) mass is 401 g/mol. The fourth-order valence-corrected chi connectivity index (χ4v) is 3.95. The van der Waals surface area contributed by atoms with Crippen molar-refractivity contribution >= 4 is 11.8 Å². The summed E-state index contributed by atoms with van der Waals surface area (Å²) in [5.41, 5.74) is 1.10. The zero-order valence-corrected chi connectivity index (χ0v) is 18.6. The van der Waals surface area contributed by atoms with Crippen LogP contribution in [-0.2, 0) is 4.79 Å². The lowest BCUT2D eigenvalue weighted by atomic mass is 9.90. The molecule has 2 unspecified atom stereocenters. The van der Waals surface area contributed by atoms with Gasteiger partial charge in [0.2, 0.25) is 5.91 Å². The second kappa shape index (κ2) is 8.34. The van der Waals surface area contributed by atoms with E-state index < -0.39 is 11.6 Å². The number of likely N-dealkylation sites (tertiary alicyclic amines) is 1. The van der Waals surface area contributed by atoms with Gasteiger partial charge in [-0.1, -0.05) is 25.5 Å². The maximum absolute atomic E-state index is 13.5. The molecule has 6 nitrogen and oxygen atoms in total. The number of hydrogen-bond donors (Lipinski definition) is 1. The third-order valence-electron chi connectivity index (χ3n) is 6.53. The van der Waals surface area contributed by atoms with E-state index in [0.29, 0.717) is 23.8 Å². The number of aryl methyl sites for hydroxylation is 1. The molecular formula is C23H35N3O3. The molecular weight excluding hydrogens is 366 g/mol. The number of amides is 2. The predicted octanol–water partition coefficient (Wildman–Crippen LogP) is 2.84. The van der Waals surface area contributed by atoms with Gasteiger partial charge in [0.25, 0.3) is 5.91 Å². The quantitative estimate of drug-likeness (QED) is 0.843. The molecule has 6 heteroatoms. The largest absolute Gasteiger partial charge is 0.484 e. The van der Waals surface area contributed by atoms with Crippen molar-refractivity contribution in [2.24, 2.45) is 5.92 Å². The number of carbonyl (C=O) groups excluding carboxylic acids is 2. The third kappa shape index (κ3) is 4.58. The first-order valence-electron chi connectivity index (χ1n) is 10.7. The highest BCUT2D eigenvalue weighted by atomic mass is 16.5. The van der Waals surface area contributed by atoms with Gasteiger partial charge in [-0.3, -0.25) is 9.59 Å². The second-order valence-corrected chi connectivity index (χ2v) is 9.24. The van der Waals surface area contributed by atoms with Gasteiger partial charge < -0.3 is 19.9 Å². The number of fused-ring (bicyclic) bond motifs is 1. The molecule has 0 aromatic heterocycles. The summed E-state index contributed by atoms with van der Waals surface area (Å²) in [4.78, 5) is 30.5. The molecule has 160 valence electrons. The maximum atomic E-state index is 13.5. The molecule has 2 heterocycles. The summed E-state index contributed by atoms with van der Waals surface area (Å²) in [6, 6.07) is 5.24. The first-order valence-corrected chi connectivity index (χ1v) is 10.7. The number of nitrogens with one attached hydrogen (secondary N) is 1. The van der Waals surface area contributed by atoms with Gasteiger partial charge in [-0.15, -0.1) is 0 Å². The molecule has 1 aromatic carbocycles. The van der Waals surface area contributed by atoms with Crippen LogP contribution in [0.4, 0.5) is 0 Å². The molecule has 2 atom stereocenters. The highest BCUT2D eigenvalue weighted by molar-refractivity contribution is 6.00. The minimum absolute atomic E-state index is 0.0510. The zero-order chi connectivity index (χ0) is 21.3. The number of hydrogen-bond acceptors (Lipinski definition) is 4. The topological polar surface area (TPSA) is 61.9 Å². The number of rotatable bonds is 4. The second-order valence-electron chi connectivity index (χ2n) is 9.24. The summed E-state index contributed by atoms with van der Waals surface area (Å²) in [5.74, 6) is 0.729. The first-order chi connectivity index (χ1) is 13.6. The van der Waals surface area contributed by atoms with Crippen LogP contribution in [0.1, 0.15) is 56.5 Å². The molecule has 1 saturated heterocycles. The van der Waals surface area contributed by atoms with Crippen molar-refractivity contribution in [3.63, 3.8) is 0 Å². The Labute approximate surface area is 174 Å². The van der Waals surface area contributed by atoms with Crippen molar-refractivity contribution in [3.8, 4) is 5.75 Å².